The summed E-state index contributed by atoms with van der Waals surface area (Å²) in [5.74, 6) is 0.480. The molecule has 0 unspecified atom stereocenters. The molecule has 0 aliphatic carbocycles. The van der Waals surface area contributed by atoms with Crippen LogP contribution in [0.15, 0.2) is 60.0 Å². The third-order valence-corrected chi connectivity index (χ3v) is 5.88. The number of nitriles is 1. The summed E-state index contributed by atoms with van der Waals surface area (Å²) in [6.07, 6.45) is 0. The fourth-order valence-corrected chi connectivity index (χ4v) is 4.58. The molecule has 6 heteroatoms. The Kier molecular flexibility index (Phi) is 4.84. The van der Waals surface area contributed by atoms with Gasteiger partial charge in [-0.2, -0.15) is 10.4 Å². The van der Waals surface area contributed by atoms with Crippen molar-refractivity contribution in [2.24, 2.45) is 11.7 Å². The standard InChI is InChI=1S/C24H24N4O2/c1-14(2)24(20(12-25)22(26)30-23-21(24)15(3)27-28-23)19-10-16(13-29)9-18(11-19)17-7-5-4-6-8-17/h4-11,14,29H,13,26H2,1-3H3,(H,27,28)/t24-/m0/s1. The number of aliphatic hydroxyl groups excluding tert-OH is 1. The second-order valence-electron chi connectivity index (χ2n) is 7.87. The summed E-state index contributed by atoms with van der Waals surface area (Å²) >= 11 is 0. The summed E-state index contributed by atoms with van der Waals surface area (Å²) in [6, 6.07) is 18.3. The molecule has 3 aromatic rings. The molecule has 4 rings (SSSR count). The lowest BCUT2D eigenvalue weighted by Crippen LogP contribution is -2.41. The van der Waals surface area contributed by atoms with E-state index in [1.807, 2.05) is 49.4 Å². The molecule has 0 bridgehead atoms. The molecule has 30 heavy (non-hydrogen) atoms. The molecule has 1 atom stereocenters. The first-order valence-corrected chi connectivity index (χ1v) is 9.87. The number of allylic oxidation sites excluding steroid dienone is 1. The fourth-order valence-electron chi connectivity index (χ4n) is 4.58. The molecule has 6 nitrogen and oxygen atoms in total. The van der Waals surface area contributed by atoms with Gasteiger partial charge in [0.05, 0.1) is 23.3 Å². The molecule has 0 saturated carbocycles. The molecule has 0 radical (unpaired) electrons. The van der Waals surface area contributed by atoms with Gasteiger partial charge in [-0.15, -0.1) is 0 Å². The zero-order chi connectivity index (χ0) is 21.5. The Morgan fingerprint density at radius 3 is 2.57 bits per heavy atom. The van der Waals surface area contributed by atoms with Gasteiger partial charge in [-0.25, -0.2) is 5.10 Å². The van der Waals surface area contributed by atoms with Gasteiger partial charge in [-0.3, -0.25) is 0 Å². The Morgan fingerprint density at radius 1 is 1.20 bits per heavy atom. The summed E-state index contributed by atoms with van der Waals surface area (Å²) in [5.41, 5.74) is 10.9. The van der Waals surface area contributed by atoms with Crippen LogP contribution in [-0.4, -0.2) is 15.3 Å². The van der Waals surface area contributed by atoms with Gasteiger partial charge in [-0.05, 0) is 47.2 Å². The molecule has 1 aliphatic heterocycles. The van der Waals surface area contributed by atoms with E-state index in [1.54, 1.807) is 0 Å². The average Bonchev–Trinajstić information content (AvgIpc) is 3.13. The van der Waals surface area contributed by atoms with Crippen molar-refractivity contribution >= 4 is 0 Å². The van der Waals surface area contributed by atoms with Crippen LogP contribution in [0.25, 0.3) is 11.1 Å². The highest BCUT2D eigenvalue weighted by atomic mass is 16.5. The first kappa shape index (κ1) is 19.7. The molecule has 0 fully saturated rings. The van der Waals surface area contributed by atoms with Gasteiger partial charge < -0.3 is 15.6 Å². The van der Waals surface area contributed by atoms with Gasteiger partial charge in [0, 0.05) is 0 Å². The number of hydrogen-bond acceptors (Lipinski definition) is 5. The lowest BCUT2D eigenvalue weighted by atomic mass is 9.61. The van der Waals surface area contributed by atoms with Crippen LogP contribution in [0.4, 0.5) is 0 Å². The maximum Gasteiger partial charge on any atom is 0.222 e. The number of aromatic nitrogens is 2. The van der Waals surface area contributed by atoms with E-state index >= 15 is 0 Å². The number of ether oxygens (including phenoxy) is 1. The van der Waals surface area contributed by atoms with Crippen LogP contribution in [0, 0.1) is 24.2 Å². The minimum Gasteiger partial charge on any atom is -0.422 e. The molecule has 0 amide bonds. The van der Waals surface area contributed by atoms with E-state index in [2.05, 4.69) is 36.2 Å². The Labute approximate surface area is 175 Å². The Hall–Kier alpha value is -3.56. The van der Waals surface area contributed by atoms with Crippen LogP contribution in [0.3, 0.4) is 0 Å². The maximum absolute atomic E-state index is 10.1. The summed E-state index contributed by atoms with van der Waals surface area (Å²) in [5, 5.41) is 27.4. The highest BCUT2D eigenvalue weighted by Crippen LogP contribution is 2.53. The molecule has 0 spiro atoms. The van der Waals surface area contributed by atoms with Gasteiger partial charge in [0.2, 0.25) is 11.8 Å². The monoisotopic (exact) mass is 400 g/mol. The molecule has 152 valence electrons. The van der Waals surface area contributed by atoms with Crippen LogP contribution in [0.1, 0.15) is 36.2 Å². The number of aliphatic hydroxyl groups is 1. The SMILES string of the molecule is Cc1n[nH]c2c1[C@](c1cc(CO)cc(-c3ccccc3)c1)(C(C)C)C(C#N)=C(N)O2. The molecule has 2 heterocycles. The molecule has 1 aliphatic rings. The second-order valence-corrected chi connectivity index (χ2v) is 7.87. The Bertz CT molecular complexity index is 1170. The first-order valence-electron chi connectivity index (χ1n) is 9.87. The van der Waals surface area contributed by atoms with E-state index < -0.39 is 5.41 Å². The molecule has 4 N–H and O–H groups in total. The lowest BCUT2D eigenvalue weighted by molar-refractivity contribution is 0.281. The minimum absolute atomic E-state index is 0.0396. The van der Waals surface area contributed by atoms with Crippen molar-refractivity contribution in [2.45, 2.75) is 32.8 Å². The highest BCUT2D eigenvalue weighted by Gasteiger charge is 2.50. The van der Waals surface area contributed by atoms with Crippen LogP contribution in [0.2, 0.25) is 0 Å². The van der Waals surface area contributed by atoms with E-state index in [0.29, 0.717) is 11.5 Å². The van der Waals surface area contributed by atoms with Crippen LogP contribution < -0.4 is 10.5 Å². The largest absolute Gasteiger partial charge is 0.422 e. The second kappa shape index (κ2) is 7.36. The average molecular weight is 400 g/mol. The predicted octanol–water partition coefficient (Wildman–Crippen LogP) is 3.91. The number of hydrogen-bond donors (Lipinski definition) is 3. The highest BCUT2D eigenvalue weighted by molar-refractivity contribution is 5.69. The number of nitrogens with two attached hydrogens (primary N) is 1. The first-order chi connectivity index (χ1) is 14.4. The van der Waals surface area contributed by atoms with Crippen molar-refractivity contribution in [1.29, 1.82) is 5.26 Å². The van der Waals surface area contributed by atoms with Gasteiger partial charge >= 0.3 is 0 Å². The number of aromatic amines is 1. The molecular weight excluding hydrogens is 376 g/mol. The van der Waals surface area contributed by atoms with Gasteiger partial charge in [0.25, 0.3) is 0 Å². The minimum atomic E-state index is -0.863. The van der Waals surface area contributed by atoms with E-state index in [1.165, 1.54) is 0 Å². The molecule has 2 aromatic carbocycles. The molecule has 1 aromatic heterocycles. The van der Waals surface area contributed by atoms with Crippen LogP contribution in [0.5, 0.6) is 5.88 Å². The third kappa shape index (κ3) is 2.78. The van der Waals surface area contributed by atoms with Gasteiger partial charge in [0.15, 0.2) is 0 Å². The number of nitrogens with one attached hydrogen (secondary N) is 1. The smallest absolute Gasteiger partial charge is 0.222 e. The number of H-pyrrole nitrogens is 1. The Morgan fingerprint density at radius 2 is 1.93 bits per heavy atom. The number of benzene rings is 2. The van der Waals surface area contributed by atoms with E-state index in [-0.39, 0.29) is 18.4 Å². The molecular formula is C24H24N4O2. The van der Waals surface area contributed by atoms with E-state index in [9.17, 15) is 10.4 Å². The zero-order valence-corrected chi connectivity index (χ0v) is 17.2. The Balaban J connectivity index is 2.10. The van der Waals surface area contributed by atoms with Gasteiger partial charge in [0.1, 0.15) is 11.6 Å². The van der Waals surface area contributed by atoms with Crippen molar-refractivity contribution in [3.63, 3.8) is 0 Å². The number of rotatable bonds is 4. The van der Waals surface area contributed by atoms with Crippen molar-refractivity contribution in [3.05, 3.63) is 82.4 Å². The zero-order valence-electron chi connectivity index (χ0n) is 17.2. The summed E-state index contributed by atoms with van der Waals surface area (Å²) < 4.78 is 5.72. The van der Waals surface area contributed by atoms with Crippen molar-refractivity contribution in [1.82, 2.24) is 10.2 Å². The third-order valence-electron chi connectivity index (χ3n) is 5.88. The summed E-state index contributed by atoms with van der Waals surface area (Å²) in [4.78, 5) is 0. The fraction of sp³-hybridized carbons (Fsp3) is 0.250. The topological polar surface area (TPSA) is 108 Å². The number of aryl methyl sites for hydroxylation is 1. The van der Waals surface area contributed by atoms with E-state index in [0.717, 1.165) is 33.5 Å². The van der Waals surface area contributed by atoms with Crippen LogP contribution >= 0.6 is 0 Å². The van der Waals surface area contributed by atoms with Crippen molar-refractivity contribution in [2.75, 3.05) is 0 Å². The predicted molar refractivity (Wildman–Crippen MR) is 114 cm³/mol. The van der Waals surface area contributed by atoms with E-state index in [4.69, 9.17) is 10.5 Å². The van der Waals surface area contributed by atoms with Crippen molar-refractivity contribution in [3.8, 4) is 23.1 Å². The van der Waals surface area contributed by atoms with Gasteiger partial charge in [-0.1, -0.05) is 50.2 Å². The van der Waals surface area contributed by atoms with Crippen molar-refractivity contribution < 1.29 is 9.84 Å². The van der Waals surface area contributed by atoms with Crippen LogP contribution in [-0.2, 0) is 12.0 Å². The summed E-state index contributed by atoms with van der Waals surface area (Å²) in [6.45, 7) is 5.89. The number of nitrogens with zero attached hydrogens (tertiary/aromatic N) is 2. The number of fused-ring (bicyclic) bond motifs is 1. The molecule has 0 saturated heterocycles. The maximum atomic E-state index is 10.1. The quantitative estimate of drug-likeness (QED) is 0.615. The normalized spacial score (nSPS) is 18.1. The summed E-state index contributed by atoms with van der Waals surface area (Å²) in [7, 11) is 0. The lowest BCUT2D eigenvalue weighted by Gasteiger charge is -2.41.